The number of imidazole rings is 1. The minimum absolute atomic E-state index is 0.0787. The van der Waals surface area contributed by atoms with E-state index in [1.807, 2.05) is 0 Å². The minimum Gasteiger partial charge on any atom is -0.348 e. The molecule has 2 aromatic carbocycles. The number of anilines is 2. The Kier molecular flexibility index (Phi) is 12.3. The van der Waals surface area contributed by atoms with Crippen molar-refractivity contribution < 1.29 is 0 Å². The first-order chi connectivity index (χ1) is 25.6. The van der Waals surface area contributed by atoms with Crippen molar-refractivity contribution in [2.75, 3.05) is 22.9 Å². The zero-order valence-electron chi connectivity index (χ0n) is 33.1. The number of fused-ring (bicyclic) bond motifs is 1. The van der Waals surface area contributed by atoms with Crippen molar-refractivity contribution in [1.29, 1.82) is 0 Å². The second kappa shape index (κ2) is 16.8. The van der Waals surface area contributed by atoms with Gasteiger partial charge in [-0.05, 0) is 137 Å². The van der Waals surface area contributed by atoms with Gasteiger partial charge in [-0.1, -0.05) is 101 Å². The number of H-pyrrole nitrogens is 1. The average molecular weight is 776 g/mol. The Balaban J connectivity index is 0.000000336. The number of nitrogens with zero attached hydrogens (tertiary/aromatic N) is 5. The lowest BCUT2D eigenvalue weighted by Crippen LogP contribution is -2.59. The molecule has 0 atom stereocenters. The summed E-state index contributed by atoms with van der Waals surface area (Å²) >= 11 is 11.1. The number of hydrogen-bond acceptors (Lipinski definition) is 5. The maximum atomic E-state index is 5.56. The molecule has 0 unspecified atom stereocenters. The van der Waals surface area contributed by atoms with Gasteiger partial charge in [0.15, 0.2) is 5.65 Å². The molecule has 4 aliphatic rings. The predicted molar refractivity (Wildman–Crippen MR) is 228 cm³/mol. The molecule has 286 valence electrons. The van der Waals surface area contributed by atoms with Gasteiger partial charge in [-0.25, -0.2) is 4.98 Å². The smallest absolute Gasteiger partial charge is 0.224 e. The van der Waals surface area contributed by atoms with Gasteiger partial charge in [0, 0.05) is 29.6 Å². The molecule has 1 N–H and O–H groups in total. The van der Waals surface area contributed by atoms with Gasteiger partial charge < -0.3 is 14.8 Å². The molecule has 1 aliphatic heterocycles. The molecular weight excluding hydrogens is 714 g/mol. The van der Waals surface area contributed by atoms with E-state index in [9.17, 15) is 0 Å². The second-order valence-electron chi connectivity index (χ2n) is 16.8. The van der Waals surface area contributed by atoms with Crippen molar-refractivity contribution >= 4 is 53.7 Å². The molecule has 3 saturated carbocycles. The van der Waals surface area contributed by atoms with E-state index >= 15 is 0 Å². The molecule has 4 aromatic rings. The Morgan fingerprint density at radius 2 is 1.09 bits per heavy atom. The Morgan fingerprint density at radius 1 is 0.642 bits per heavy atom. The standard InChI is InChI=1S/C39H59N2P.C5H2Cl2N4/c1-28-24-30(3)36(31(4)25-28)40-22-23-41(37-32(5)26-29(2)27-33(37)6)38(40)39(20-14-9-15-21-39)42(34-16-10-7-11-17-34)35-18-12-8-13-19-35;6-4-8-1-2-3(10-4)11-5(7)9-2/h24-27,34-35,38H,7-23H2,1-6H3;1H,(H,8,9,10,11). The van der Waals surface area contributed by atoms with Crippen LogP contribution < -0.4 is 9.80 Å². The monoisotopic (exact) mass is 774 g/mol. The molecule has 6 nitrogen and oxygen atoms in total. The maximum Gasteiger partial charge on any atom is 0.224 e. The number of hydrogen-bond donors (Lipinski definition) is 1. The quantitative estimate of drug-likeness (QED) is 0.120. The molecule has 2 aromatic heterocycles. The molecule has 8 rings (SSSR count). The van der Waals surface area contributed by atoms with Gasteiger partial charge in [0.05, 0.1) is 6.20 Å². The molecule has 53 heavy (non-hydrogen) atoms. The summed E-state index contributed by atoms with van der Waals surface area (Å²) in [7, 11) is -0.0787. The van der Waals surface area contributed by atoms with Gasteiger partial charge in [0.2, 0.25) is 10.6 Å². The number of aromatic nitrogens is 4. The van der Waals surface area contributed by atoms with Gasteiger partial charge in [0.25, 0.3) is 0 Å². The Morgan fingerprint density at radius 3 is 1.57 bits per heavy atom. The van der Waals surface area contributed by atoms with E-state index < -0.39 is 0 Å². The van der Waals surface area contributed by atoms with Crippen LogP contribution in [0.2, 0.25) is 10.6 Å². The van der Waals surface area contributed by atoms with Crippen molar-refractivity contribution in [2.45, 2.75) is 160 Å². The van der Waals surface area contributed by atoms with E-state index in [1.165, 1.54) is 136 Å². The number of rotatable bonds is 6. The first kappa shape index (κ1) is 38.9. The lowest BCUT2D eigenvalue weighted by Gasteiger charge is -2.58. The summed E-state index contributed by atoms with van der Waals surface area (Å²) in [5.41, 5.74) is 15.0. The van der Waals surface area contributed by atoms with E-state index in [-0.39, 0.29) is 18.5 Å². The van der Waals surface area contributed by atoms with Crippen LogP contribution in [0.1, 0.15) is 130 Å². The summed E-state index contributed by atoms with van der Waals surface area (Å²) in [4.78, 5) is 20.2. The third-order valence-electron chi connectivity index (χ3n) is 12.8. The third kappa shape index (κ3) is 8.13. The SMILES string of the molecule is Cc1cc(C)c(N2CCN(c3c(C)cc(C)cc3C)C2C2(P(C3CCCCC3)C3CCCCC3)CCCCC2)c(C)c1.Clc1ncc2[nH]c(Cl)nc2n1. The van der Waals surface area contributed by atoms with Crippen LogP contribution in [0, 0.1) is 41.5 Å². The largest absolute Gasteiger partial charge is 0.348 e. The average Bonchev–Trinajstić information content (AvgIpc) is 3.72. The Bertz CT molecular complexity index is 1740. The van der Waals surface area contributed by atoms with Crippen LogP contribution in [0.3, 0.4) is 0 Å². The summed E-state index contributed by atoms with van der Waals surface area (Å²) in [6, 6.07) is 9.85. The third-order valence-corrected chi connectivity index (χ3v) is 17.5. The van der Waals surface area contributed by atoms with Gasteiger partial charge in [-0.3, -0.25) is 0 Å². The molecule has 0 amide bonds. The first-order valence-corrected chi connectivity index (χ1v) is 22.8. The fourth-order valence-corrected chi connectivity index (χ4v) is 16.8. The highest BCUT2D eigenvalue weighted by Gasteiger charge is 2.57. The molecule has 0 radical (unpaired) electrons. The van der Waals surface area contributed by atoms with Gasteiger partial charge in [-0.2, -0.15) is 9.97 Å². The summed E-state index contributed by atoms with van der Waals surface area (Å²) in [6.45, 7) is 16.5. The summed E-state index contributed by atoms with van der Waals surface area (Å²) in [6.07, 6.45) is 24.2. The second-order valence-corrected chi connectivity index (χ2v) is 20.7. The summed E-state index contributed by atoms with van der Waals surface area (Å²) < 4.78 is 0. The lowest BCUT2D eigenvalue weighted by molar-refractivity contribution is 0.326. The first-order valence-electron chi connectivity index (χ1n) is 20.6. The highest BCUT2D eigenvalue weighted by Crippen LogP contribution is 2.70. The molecule has 4 fully saturated rings. The molecule has 3 aliphatic carbocycles. The normalized spacial score (nSPS) is 20.3. The lowest BCUT2D eigenvalue weighted by atomic mass is 9.84. The minimum atomic E-state index is -0.0787. The van der Waals surface area contributed by atoms with E-state index in [4.69, 9.17) is 23.2 Å². The highest BCUT2D eigenvalue weighted by molar-refractivity contribution is 7.61. The fourth-order valence-electron chi connectivity index (χ4n) is 11.2. The maximum absolute atomic E-state index is 5.56. The number of nitrogens with one attached hydrogen (secondary N) is 1. The molecule has 1 saturated heterocycles. The zero-order valence-corrected chi connectivity index (χ0v) is 35.5. The Hall–Kier alpha value is -2.40. The van der Waals surface area contributed by atoms with E-state index in [0.717, 1.165) is 24.4 Å². The van der Waals surface area contributed by atoms with Gasteiger partial charge in [-0.15, -0.1) is 0 Å². The van der Waals surface area contributed by atoms with Crippen molar-refractivity contribution in [3.05, 3.63) is 74.4 Å². The number of aromatic amines is 1. The van der Waals surface area contributed by atoms with Gasteiger partial charge in [0.1, 0.15) is 11.7 Å². The topological polar surface area (TPSA) is 60.9 Å². The van der Waals surface area contributed by atoms with Crippen molar-refractivity contribution in [3.63, 3.8) is 0 Å². The Labute approximate surface area is 330 Å². The van der Waals surface area contributed by atoms with Crippen molar-refractivity contribution in [2.24, 2.45) is 0 Å². The molecule has 0 bridgehead atoms. The fraction of sp³-hybridized carbons (Fsp3) is 0.614. The highest BCUT2D eigenvalue weighted by atomic mass is 35.5. The van der Waals surface area contributed by atoms with E-state index in [0.29, 0.717) is 22.5 Å². The van der Waals surface area contributed by atoms with Crippen LogP contribution in [0.15, 0.2) is 30.5 Å². The van der Waals surface area contributed by atoms with E-state index in [2.05, 4.69) is 95.5 Å². The predicted octanol–water partition coefficient (Wildman–Crippen LogP) is 12.7. The van der Waals surface area contributed by atoms with Crippen LogP contribution in [0.25, 0.3) is 11.2 Å². The van der Waals surface area contributed by atoms with Crippen LogP contribution in [0.5, 0.6) is 0 Å². The van der Waals surface area contributed by atoms with Gasteiger partial charge >= 0.3 is 0 Å². The summed E-state index contributed by atoms with van der Waals surface area (Å²) in [5.74, 6) is 0. The number of halogens is 2. The summed E-state index contributed by atoms with van der Waals surface area (Å²) in [5, 5.41) is 0.874. The van der Waals surface area contributed by atoms with Crippen LogP contribution in [-0.2, 0) is 0 Å². The van der Waals surface area contributed by atoms with Crippen molar-refractivity contribution in [1.82, 2.24) is 19.9 Å². The van der Waals surface area contributed by atoms with Crippen molar-refractivity contribution in [3.8, 4) is 0 Å². The molecular formula is C44H61Cl2N6P. The van der Waals surface area contributed by atoms with Crippen LogP contribution in [0.4, 0.5) is 11.4 Å². The number of aryl methyl sites for hydroxylation is 6. The van der Waals surface area contributed by atoms with Crippen LogP contribution >= 0.6 is 31.1 Å². The van der Waals surface area contributed by atoms with E-state index in [1.54, 1.807) is 11.4 Å². The molecule has 0 spiro atoms. The molecule has 3 heterocycles. The van der Waals surface area contributed by atoms with Crippen LogP contribution in [-0.4, -0.2) is 55.7 Å². The molecule has 9 heteroatoms. The number of benzene rings is 2. The zero-order chi connectivity index (χ0) is 37.3.